The lowest BCUT2D eigenvalue weighted by Gasteiger charge is -2.29. The third kappa shape index (κ3) is 56.6. The highest BCUT2D eigenvalue weighted by Gasteiger charge is 2.23. The predicted molar refractivity (Wildman–Crippen MR) is 320 cm³/mol. The molecule has 2 N–H and O–H groups in total. The molecule has 0 bridgehead atoms. The summed E-state index contributed by atoms with van der Waals surface area (Å²) in [5, 5.41) is 13.9. The Labute approximate surface area is 456 Å². The molecule has 0 spiro atoms. The number of aliphatic hydroxyl groups is 1. The minimum Gasteiger partial charge on any atom is -0.756 e. The number of rotatable bonds is 53. The Morgan fingerprint density at radius 2 is 0.838 bits per heavy atom. The van der Waals surface area contributed by atoms with Gasteiger partial charge in [-0.05, 0) is 103 Å². The van der Waals surface area contributed by atoms with Crippen LogP contribution in [-0.2, 0) is 18.4 Å². The molecule has 0 rings (SSSR count). The SMILES string of the molecule is CC/C=C\C/C=C\C/C=C\C/C=C\C/C=C\C/C=C\C/C=C\CCCCCCCCCCCC(=O)NC(COP(=O)([O-])OCC[N+](C)(C)C)C(O)/C=C/CC/C=C/CC/C=C/CCCCCCCCCCCCC. The largest absolute Gasteiger partial charge is 0.756 e. The van der Waals surface area contributed by atoms with Crippen molar-refractivity contribution >= 4 is 13.7 Å². The molecular weight excluding hydrogens is 936 g/mol. The van der Waals surface area contributed by atoms with Gasteiger partial charge in [0.05, 0.1) is 39.9 Å². The second-order valence-electron chi connectivity index (χ2n) is 20.9. The molecule has 74 heavy (non-hydrogen) atoms. The summed E-state index contributed by atoms with van der Waals surface area (Å²) in [6.07, 6.45) is 81.3. The Bertz CT molecular complexity index is 1620. The summed E-state index contributed by atoms with van der Waals surface area (Å²) in [6, 6.07) is -0.923. The van der Waals surface area contributed by atoms with Crippen LogP contribution in [0.15, 0.2) is 122 Å². The summed E-state index contributed by atoms with van der Waals surface area (Å²) in [6.45, 7) is 4.50. The van der Waals surface area contributed by atoms with Crippen molar-refractivity contribution in [2.24, 2.45) is 0 Å². The van der Waals surface area contributed by atoms with E-state index in [4.69, 9.17) is 9.05 Å². The highest BCUT2D eigenvalue weighted by molar-refractivity contribution is 7.45. The van der Waals surface area contributed by atoms with Gasteiger partial charge in [-0.25, -0.2) is 0 Å². The molecule has 8 nitrogen and oxygen atoms in total. The maximum absolute atomic E-state index is 13.0. The second kappa shape index (κ2) is 54.7. The van der Waals surface area contributed by atoms with Crippen LogP contribution in [0.1, 0.15) is 232 Å². The monoisotopic (exact) mass is 1050 g/mol. The normalized spacial score (nSPS) is 14.7. The lowest BCUT2D eigenvalue weighted by molar-refractivity contribution is -0.870. The Morgan fingerprint density at radius 1 is 0.486 bits per heavy atom. The maximum Gasteiger partial charge on any atom is 0.268 e. The first-order valence-corrected chi connectivity index (χ1v) is 31.4. The van der Waals surface area contributed by atoms with E-state index < -0.39 is 26.6 Å². The van der Waals surface area contributed by atoms with Gasteiger partial charge in [0.2, 0.25) is 5.91 Å². The number of nitrogens with one attached hydrogen (secondary N) is 1. The Kier molecular flexibility index (Phi) is 52.4. The second-order valence-corrected chi connectivity index (χ2v) is 22.4. The standard InChI is InChI=1S/C65H113N2O6P/c1-6-8-10-12-14-16-18-20-22-24-26-28-29-30-31-32-33-34-35-36-37-39-41-43-45-47-49-51-53-55-57-59-65(69)66-63(62-73-74(70,71)72-61-60-67(3,4)5)64(68)58-56-54-52-50-48-46-44-42-40-38-27-25-23-21-19-17-15-13-11-9-7-2/h8,10,14,16,20,22,26,28,30-31,33-34,36-37,40,42,48,50,56,58,63-64,68H,6-7,9,11-13,15,17-19,21,23-25,27,29,32,35,38-39,41,43-47,49,51-55,57,59-62H2,1-5H3,(H-,66,69,70,71)/b10-8-,16-14-,22-20-,28-26-,31-30-,34-33-,37-36-,42-40+,50-48+,58-56+. The molecule has 0 saturated carbocycles. The smallest absolute Gasteiger partial charge is 0.268 e. The van der Waals surface area contributed by atoms with Crippen molar-refractivity contribution in [3.8, 4) is 0 Å². The van der Waals surface area contributed by atoms with Crippen molar-refractivity contribution in [2.45, 2.75) is 244 Å². The molecule has 0 aliphatic heterocycles. The summed E-state index contributed by atoms with van der Waals surface area (Å²) in [7, 11) is 1.22. The molecule has 424 valence electrons. The molecule has 0 aliphatic rings. The fourth-order valence-corrected chi connectivity index (χ4v) is 8.71. The molecule has 0 heterocycles. The summed E-state index contributed by atoms with van der Waals surface area (Å²) in [5.41, 5.74) is 0. The number of phosphoric ester groups is 1. The van der Waals surface area contributed by atoms with Gasteiger partial charge in [0, 0.05) is 6.42 Å². The van der Waals surface area contributed by atoms with Gasteiger partial charge < -0.3 is 28.8 Å². The van der Waals surface area contributed by atoms with Crippen LogP contribution >= 0.6 is 7.82 Å². The van der Waals surface area contributed by atoms with Crippen molar-refractivity contribution in [2.75, 3.05) is 40.9 Å². The minimum atomic E-state index is -4.62. The van der Waals surface area contributed by atoms with E-state index in [1.165, 1.54) is 109 Å². The average molecular weight is 1050 g/mol. The molecule has 0 aliphatic carbocycles. The van der Waals surface area contributed by atoms with Crippen molar-refractivity contribution < 1.29 is 32.9 Å². The van der Waals surface area contributed by atoms with Crippen LogP contribution in [0.25, 0.3) is 0 Å². The van der Waals surface area contributed by atoms with E-state index in [0.29, 0.717) is 17.4 Å². The molecule has 3 unspecified atom stereocenters. The van der Waals surface area contributed by atoms with E-state index >= 15 is 0 Å². The number of allylic oxidation sites excluding steroid dienone is 19. The van der Waals surface area contributed by atoms with Crippen LogP contribution in [0.3, 0.4) is 0 Å². The molecule has 0 aromatic heterocycles. The van der Waals surface area contributed by atoms with E-state index in [1.54, 1.807) is 6.08 Å². The number of unbranched alkanes of at least 4 members (excludes halogenated alkanes) is 22. The number of likely N-dealkylation sites (N-methyl/N-ethyl adjacent to an activating group) is 1. The molecule has 0 aromatic rings. The van der Waals surface area contributed by atoms with Crippen LogP contribution in [0.2, 0.25) is 0 Å². The Morgan fingerprint density at radius 3 is 1.26 bits per heavy atom. The molecule has 9 heteroatoms. The zero-order valence-electron chi connectivity index (χ0n) is 48.2. The van der Waals surface area contributed by atoms with Crippen LogP contribution in [0.4, 0.5) is 0 Å². The summed E-state index contributed by atoms with van der Waals surface area (Å²) < 4.78 is 23.3. The van der Waals surface area contributed by atoms with Crippen molar-refractivity contribution in [3.63, 3.8) is 0 Å². The van der Waals surface area contributed by atoms with Gasteiger partial charge in [-0.15, -0.1) is 0 Å². The summed E-state index contributed by atoms with van der Waals surface area (Å²) in [5.74, 6) is -0.222. The number of nitrogens with zero attached hydrogens (tertiary/aromatic N) is 1. The van der Waals surface area contributed by atoms with Gasteiger partial charge in [0.15, 0.2) is 0 Å². The van der Waals surface area contributed by atoms with E-state index in [0.717, 1.165) is 103 Å². The third-order valence-corrected chi connectivity index (χ3v) is 13.6. The van der Waals surface area contributed by atoms with Gasteiger partial charge in [-0.3, -0.25) is 9.36 Å². The lowest BCUT2D eigenvalue weighted by Crippen LogP contribution is -2.45. The third-order valence-electron chi connectivity index (χ3n) is 12.6. The maximum atomic E-state index is 13.0. The van der Waals surface area contributed by atoms with Crippen LogP contribution in [0, 0.1) is 0 Å². The van der Waals surface area contributed by atoms with Crippen LogP contribution in [0.5, 0.6) is 0 Å². The predicted octanol–water partition coefficient (Wildman–Crippen LogP) is 17.9. The Balaban J connectivity index is 4.29. The first kappa shape index (κ1) is 70.9. The molecule has 0 saturated heterocycles. The van der Waals surface area contributed by atoms with Crippen LogP contribution in [-0.4, -0.2) is 68.5 Å². The number of phosphoric acid groups is 1. The zero-order valence-corrected chi connectivity index (χ0v) is 49.1. The number of aliphatic hydroxyl groups excluding tert-OH is 1. The van der Waals surface area contributed by atoms with Crippen molar-refractivity contribution in [3.05, 3.63) is 122 Å². The topological polar surface area (TPSA) is 108 Å². The summed E-state index contributed by atoms with van der Waals surface area (Å²) >= 11 is 0. The first-order valence-electron chi connectivity index (χ1n) is 29.9. The molecule has 0 fully saturated rings. The fourth-order valence-electron chi connectivity index (χ4n) is 7.99. The quantitative estimate of drug-likeness (QED) is 0.0272. The van der Waals surface area contributed by atoms with Crippen molar-refractivity contribution in [1.29, 1.82) is 0 Å². The van der Waals surface area contributed by atoms with Gasteiger partial charge in [-0.1, -0.05) is 245 Å². The number of carbonyl (C=O) groups is 1. The van der Waals surface area contributed by atoms with Crippen LogP contribution < -0.4 is 10.2 Å². The zero-order chi connectivity index (χ0) is 54.2. The molecule has 0 radical (unpaired) electrons. The van der Waals surface area contributed by atoms with Crippen molar-refractivity contribution in [1.82, 2.24) is 5.32 Å². The van der Waals surface area contributed by atoms with Gasteiger partial charge in [-0.2, -0.15) is 0 Å². The first-order chi connectivity index (χ1) is 36.0. The van der Waals surface area contributed by atoms with Gasteiger partial charge >= 0.3 is 0 Å². The number of amides is 1. The Hall–Kier alpha value is -3.10. The van der Waals surface area contributed by atoms with Gasteiger partial charge in [0.1, 0.15) is 13.2 Å². The fraction of sp³-hybridized carbons (Fsp3) is 0.677. The minimum absolute atomic E-state index is 0.0164. The lowest BCUT2D eigenvalue weighted by atomic mass is 10.1. The molecular formula is C65H113N2O6P. The van der Waals surface area contributed by atoms with E-state index in [9.17, 15) is 19.4 Å². The van der Waals surface area contributed by atoms with E-state index in [2.05, 4.69) is 129 Å². The number of quaternary nitrogens is 1. The highest BCUT2D eigenvalue weighted by atomic mass is 31.2. The van der Waals surface area contributed by atoms with E-state index in [1.807, 2.05) is 27.2 Å². The molecule has 1 amide bonds. The highest BCUT2D eigenvalue weighted by Crippen LogP contribution is 2.38. The van der Waals surface area contributed by atoms with Gasteiger partial charge in [0.25, 0.3) is 7.82 Å². The number of carbonyl (C=O) groups excluding carboxylic acids is 1. The number of hydrogen-bond acceptors (Lipinski definition) is 6. The molecule has 0 aromatic carbocycles. The van der Waals surface area contributed by atoms with E-state index in [-0.39, 0.29) is 12.5 Å². The molecule has 3 atom stereocenters. The summed E-state index contributed by atoms with van der Waals surface area (Å²) in [4.78, 5) is 25.5. The average Bonchev–Trinajstić information content (AvgIpc) is 3.36. The number of hydrogen-bond donors (Lipinski definition) is 2.